The molecule has 0 aliphatic rings. The number of carbonyl (C=O) groups excluding carboxylic acids is 1. The van der Waals surface area contributed by atoms with Crippen LogP contribution in [0.1, 0.15) is 26.0 Å². The first-order valence-electron chi connectivity index (χ1n) is 7.82. The van der Waals surface area contributed by atoms with Crippen molar-refractivity contribution in [2.24, 2.45) is 0 Å². The Morgan fingerprint density at radius 2 is 2.00 bits per heavy atom. The maximum absolute atomic E-state index is 13.0. The lowest BCUT2D eigenvalue weighted by Crippen LogP contribution is -2.41. The fourth-order valence-corrected chi connectivity index (χ4v) is 7.58. The summed E-state index contributed by atoms with van der Waals surface area (Å²) in [5.74, 6) is -0.195. The third-order valence-electron chi connectivity index (χ3n) is 3.38. The second-order valence-corrected chi connectivity index (χ2v) is 11.2. The van der Waals surface area contributed by atoms with Crippen molar-refractivity contribution >= 4 is 59.7 Å². The maximum Gasteiger partial charge on any atom is 0.265 e. The lowest BCUT2D eigenvalue weighted by Gasteiger charge is -2.26. The van der Waals surface area contributed by atoms with E-state index >= 15 is 0 Å². The Balaban J connectivity index is 2.46. The molecule has 0 aliphatic heterocycles. The van der Waals surface area contributed by atoms with Crippen LogP contribution in [-0.4, -0.2) is 49.4 Å². The zero-order valence-electron chi connectivity index (χ0n) is 15.2. The van der Waals surface area contributed by atoms with Gasteiger partial charge in [0.25, 0.3) is 10.0 Å². The highest BCUT2D eigenvalue weighted by Crippen LogP contribution is 2.43. The zero-order valence-corrected chi connectivity index (χ0v) is 19.2. The van der Waals surface area contributed by atoms with Crippen molar-refractivity contribution in [2.45, 2.75) is 31.4 Å². The monoisotopic (exact) mass is 480 g/mol. The molecule has 0 aromatic carbocycles. The summed E-state index contributed by atoms with van der Waals surface area (Å²) < 4.78 is 28.3. The lowest BCUT2D eigenvalue weighted by molar-refractivity contribution is -0.114. The van der Waals surface area contributed by atoms with Gasteiger partial charge in [-0.2, -0.15) is 0 Å². The highest BCUT2D eigenvalue weighted by Gasteiger charge is 2.29. The van der Waals surface area contributed by atoms with E-state index in [0.29, 0.717) is 21.9 Å². The summed E-state index contributed by atoms with van der Waals surface area (Å²) in [6.07, 6.45) is 0.713. The van der Waals surface area contributed by atoms with Crippen molar-refractivity contribution in [1.82, 2.24) is 14.4 Å². The van der Waals surface area contributed by atoms with Gasteiger partial charge in [-0.25, -0.2) is 18.4 Å². The summed E-state index contributed by atoms with van der Waals surface area (Å²) in [6.45, 7) is 5.60. The third-order valence-corrected chi connectivity index (χ3v) is 8.69. The molecule has 0 spiro atoms. The summed E-state index contributed by atoms with van der Waals surface area (Å²) in [4.78, 5) is 16.4. The molecular formula is C15H21BrN4O3S3. The normalized spacial score (nSPS) is 12.2. The molecular weight excluding hydrogens is 460 g/mol. The van der Waals surface area contributed by atoms with Gasteiger partial charge >= 0.3 is 0 Å². The smallest absolute Gasteiger partial charge is 0.265 e. The first kappa shape index (κ1) is 21.5. The van der Waals surface area contributed by atoms with Crippen LogP contribution in [0.4, 0.5) is 5.13 Å². The molecule has 0 radical (unpaired) electrons. The maximum atomic E-state index is 13.0. The van der Waals surface area contributed by atoms with Gasteiger partial charge in [0.05, 0.1) is 14.4 Å². The third kappa shape index (κ3) is 4.52. The molecule has 11 heteroatoms. The van der Waals surface area contributed by atoms with E-state index in [9.17, 15) is 13.2 Å². The van der Waals surface area contributed by atoms with Crippen molar-refractivity contribution in [3.63, 3.8) is 0 Å². The van der Waals surface area contributed by atoms with E-state index in [4.69, 9.17) is 0 Å². The van der Waals surface area contributed by atoms with Gasteiger partial charge in [0.15, 0.2) is 5.13 Å². The molecule has 2 aromatic heterocycles. The molecule has 0 atom stereocenters. The predicted octanol–water partition coefficient (Wildman–Crippen LogP) is 3.78. The van der Waals surface area contributed by atoms with Gasteiger partial charge in [-0.05, 0) is 35.3 Å². The minimum Gasteiger partial charge on any atom is -0.302 e. The van der Waals surface area contributed by atoms with Crippen molar-refractivity contribution in [1.29, 1.82) is 0 Å². The summed E-state index contributed by atoms with van der Waals surface area (Å²) in [5.41, 5.74) is 1.50. The SMILES string of the molecule is CCCN(N(C)C)S(=O)(=O)c1cc(-c2sc(NC(C)=O)nc2C)c(Br)s1. The number of aryl methyl sites for hydroxylation is 1. The molecule has 0 unspecified atom stereocenters. The molecule has 2 rings (SSSR count). The molecule has 1 amide bonds. The van der Waals surface area contributed by atoms with E-state index in [1.807, 2.05) is 13.8 Å². The van der Waals surface area contributed by atoms with E-state index < -0.39 is 10.0 Å². The average molecular weight is 481 g/mol. The minimum absolute atomic E-state index is 0.195. The number of hydrogen-bond donors (Lipinski definition) is 1. The van der Waals surface area contributed by atoms with Gasteiger partial charge < -0.3 is 5.32 Å². The Hall–Kier alpha value is -0.850. The van der Waals surface area contributed by atoms with Crippen molar-refractivity contribution in [3.8, 4) is 10.4 Å². The topological polar surface area (TPSA) is 82.6 Å². The Labute approximate surface area is 170 Å². The van der Waals surface area contributed by atoms with Gasteiger partial charge in [-0.3, -0.25) is 4.79 Å². The molecule has 2 aromatic rings. The molecule has 0 bridgehead atoms. The van der Waals surface area contributed by atoms with E-state index in [1.165, 1.54) is 34.0 Å². The minimum atomic E-state index is -3.63. The number of hydrogen-bond acceptors (Lipinski definition) is 7. The van der Waals surface area contributed by atoms with E-state index in [1.54, 1.807) is 25.2 Å². The van der Waals surface area contributed by atoms with Crippen molar-refractivity contribution in [2.75, 3.05) is 26.0 Å². The summed E-state index contributed by atoms with van der Waals surface area (Å²) in [6, 6.07) is 1.66. The van der Waals surface area contributed by atoms with Crippen LogP contribution in [0, 0.1) is 6.92 Å². The van der Waals surface area contributed by atoms with Gasteiger partial charge in [0, 0.05) is 33.1 Å². The van der Waals surface area contributed by atoms with Crippen LogP contribution in [0.2, 0.25) is 0 Å². The van der Waals surface area contributed by atoms with Crippen molar-refractivity contribution < 1.29 is 13.2 Å². The summed E-state index contributed by atoms with van der Waals surface area (Å²) in [5, 5.41) is 4.74. The number of sulfonamides is 1. The quantitative estimate of drug-likeness (QED) is 0.609. The molecule has 0 fully saturated rings. The van der Waals surface area contributed by atoms with Gasteiger partial charge in [-0.15, -0.1) is 15.8 Å². The highest BCUT2D eigenvalue weighted by atomic mass is 79.9. The number of rotatable bonds is 7. The van der Waals surface area contributed by atoms with E-state index in [2.05, 4.69) is 26.2 Å². The zero-order chi connectivity index (χ0) is 19.6. The standard InChI is InChI=1S/C15H21BrN4O3S3/c1-6-7-20(19(4)5)26(22,23)12-8-11(14(16)24-12)13-9(2)17-15(25-13)18-10(3)21/h8H,6-7H2,1-5H3,(H,17,18,21). The number of halogens is 1. The largest absolute Gasteiger partial charge is 0.302 e. The van der Waals surface area contributed by atoms with E-state index in [0.717, 1.165) is 16.1 Å². The Bertz CT molecular complexity index is 905. The molecule has 0 saturated carbocycles. The second-order valence-electron chi connectivity index (χ2n) is 5.77. The van der Waals surface area contributed by atoms with Gasteiger partial charge in [0.1, 0.15) is 4.21 Å². The van der Waals surface area contributed by atoms with Crippen LogP contribution < -0.4 is 5.32 Å². The molecule has 26 heavy (non-hydrogen) atoms. The predicted molar refractivity (Wildman–Crippen MR) is 110 cm³/mol. The first-order chi connectivity index (χ1) is 12.1. The molecule has 7 nitrogen and oxygen atoms in total. The average Bonchev–Trinajstić information content (AvgIpc) is 3.06. The number of nitrogens with zero attached hydrogens (tertiary/aromatic N) is 3. The summed E-state index contributed by atoms with van der Waals surface area (Å²) >= 11 is 5.97. The van der Waals surface area contributed by atoms with Crippen LogP contribution in [0.3, 0.4) is 0 Å². The molecule has 0 saturated heterocycles. The fourth-order valence-electron chi connectivity index (χ4n) is 2.31. The van der Waals surface area contributed by atoms with Crippen LogP contribution in [0.15, 0.2) is 14.1 Å². The van der Waals surface area contributed by atoms with Crippen LogP contribution in [0.5, 0.6) is 0 Å². The number of thiazole rings is 1. The second kappa shape index (κ2) is 8.44. The molecule has 2 heterocycles. The Morgan fingerprint density at radius 1 is 1.35 bits per heavy atom. The lowest BCUT2D eigenvalue weighted by atomic mass is 10.2. The van der Waals surface area contributed by atoms with Gasteiger partial charge in [-0.1, -0.05) is 18.3 Å². The first-order valence-corrected chi connectivity index (χ1v) is 11.7. The highest BCUT2D eigenvalue weighted by molar-refractivity contribution is 9.11. The molecule has 0 aliphatic carbocycles. The number of hydrazine groups is 1. The number of thiophene rings is 1. The fraction of sp³-hybridized carbons (Fsp3) is 0.467. The summed E-state index contributed by atoms with van der Waals surface area (Å²) in [7, 11) is -0.211. The Morgan fingerprint density at radius 3 is 2.54 bits per heavy atom. The van der Waals surface area contributed by atoms with Crippen molar-refractivity contribution in [3.05, 3.63) is 15.5 Å². The van der Waals surface area contributed by atoms with Gasteiger partial charge in [0.2, 0.25) is 5.91 Å². The number of amides is 1. The van der Waals surface area contributed by atoms with Crippen LogP contribution >= 0.6 is 38.6 Å². The van der Waals surface area contributed by atoms with Crippen LogP contribution in [-0.2, 0) is 14.8 Å². The van der Waals surface area contributed by atoms with Crippen LogP contribution in [0.25, 0.3) is 10.4 Å². The number of anilines is 1. The molecule has 144 valence electrons. The number of carbonyl (C=O) groups is 1. The number of aromatic nitrogens is 1. The Kier molecular flexibility index (Phi) is 6.97. The van der Waals surface area contributed by atoms with E-state index in [-0.39, 0.29) is 10.1 Å². The number of nitrogens with one attached hydrogen (secondary N) is 1. The molecule has 1 N–H and O–H groups in total.